The molecule has 1 aliphatic rings. The maximum atomic E-state index is 13.2. The predicted molar refractivity (Wildman–Crippen MR) is 100 cm³/mol. The number of carbonyl (C=O) groups excluding carboxylic acids is 1. The van der Waals surface area contributed by atoms with Gasteiger partial charge in [-0.05, 0) is 30.5 Å². The quantitative estimate of drug-likeness (QED) is 0.719. The summed E-state index contributed by atoms with van der Waals surface area (Å²) in [4.78, 5) is 23.7. The Balaban J connectivity index is 1.60. The van der Waals surface area contributed by atoms with Crippen molar-refractivity contribution in [3.8, 4) is 5.82 Å². The van der Waals surface area contributed by atoms with E-state index in [1.165, 1.54) is 12.0 Å². The van der Waals surface area contributed by atoms with Crippen LogP contribution < -0.4 is 0 Å². The molecule has 0 unspecified atom stereocenters. The fraction of sp³-hybridized carbons (Fsp3) is 0.286. The average Bonchev–Trinajstić information content (AvgIpc) is 3.13. The Kier molecular flexibility index (Phi) is 4.78. The lowest BCUT2D eigenvalue weighted by atomic mass is 10.0. The number of hydrogen-bond acceptors (Lipinski definition) is 3. The highest BCUT2D eigenvalue weighted by atomic mass is 16.2. The zero-order valence-electron chi connectivity index (χ0n) is 14.7. The largest absolute Gasteiger partial charge is 0.332 e. The van der Waals surface area contributed by atoms with Gasteiger partial charge >= 0.3 is 0 Å². The maximum absolute atomic E-state index is 13.2. The SMILES string of the molecule is O=C(c1ccc(-n2ccnc2)nc1)N1CCCCC[C@H]1c1ccccc1. The van der Waals surface area contributed by atoms with Crippen LogP contribution >= 0.6 is 0 Å². The molecule has 0 spiro atoms. The summed E-state index contributed by atoms with van der Waals surface area (Å²) in [5.41, 5.74) is 1.85. The molecule has 1 aromatic carbocycles. The summed E-state index contributed by atoms with van der Waals surface area (Å²) in [6.45, 7) is 0.793. The average molecular weight is 346 g/mol. The molecule has 132 valence electrons. The lowest BCUT2D eigenvalue weighted by Crippen LogP contribution is -2.34. The second kappa shape index (κ2) is 7.52. The zero-order chi connectivity index (χ0) is 17.8. The van der Waals surface area contributed by atoms with Crippen LogP contribution in [-0.2, 0) is 0 Å². The fourth-order valence-corrected chi connectivity index (χ4v) is 3.60. The number of pyridine rings is 1. The summed E-state index contributed by atoms with van der Waals surface area (Å²) in [6.07, 6.45) is 11.3. The van der Waals surface area contributed by atoms with E-state index < -0.39 is 0 Å². The van der Waals surface area contributed by atoms with Gasteiger partial charge < -0.3 is 4.90 Å². The van der Waals surface area contributed by atoms with Crippen LogP contribution in [0.3, 0.4) is 0 Å². The van der Waals surface area contributed by atoms with Crippen molar-refractivity contribution in [3.05, 3.63) is 78.5 Å². The van der Waals surface area contributed by atoms with E-state index >= 15 is 0 Å². The number of imidazole rings is 1. The monoisotopic (exact) mass is 346 g/mol. The Morgan fingerprint density at radius 1 is 1.04 bits per heavy atom. The standard InChI is InChI=1S/C21H22N4O/c26-21(18-10-11-20(23-15-18)24-14-12-22-16-24)25-13-6-2-5-9-19(25)17-7-3-1-4-8-17/h1,3-4,7-8,10-12,14-16,19H,2,5-6,9,13H2/t19-/m0/s1. The van der Waals surface area contributed by atoms with Gasteiger partial charge in [0.15, 0.2) is 0 Å². The summed E-state index contributed by atoms with van der Waals surface area (Å²) >= 11 is 0. The van der Waals surface area contributed by atoms with Gasteiger partial charge in [-0.15, -0.1) is 0 Å². The van der Waals surface area contributed by atoms with E-state index in [1.807, 2.05) is 46.0 Å². The number of aromatic nitrogens is 3. The highest BCUT2D eigenvalue weighted by molar-refractivity contribution is 5.94. The molecule has 0 bridgehead atoms. The van der Waals surface area contributed by atoms with Crippen molar-refractivity contribution < 1.29 is 4.79 Å². The van der Waals surface area contributed by atoms with Crippen LogP contribution in [0.4, 0.5) is 0 Å². The third kappa shape index (κ3) is 3.38. The van der Waals surface area contributed by atoms with E-state index in [0.29, 0.717) is 5.56 Å². The minimum atomic E-state index is 0.0606. The van der Waals surface area contributed by atoms with Crippen LogP contribution in [0, 0.1) is 0 Å². The first-order valence-electron chi connectivity index (χ1n) is 9.13. The molecule has 3 heterocycles. The molecule has 1 fully saturated rings. The highest BCUT2D eigenvalue weighted by Crippen LogP contribution is 2.31. The zero-order valence-corrected chi connectivity index (χ0v) is 14.7. The number of carbonyl (C=O) groups is 1. The molecule has 0 radical (unpaired) electrons. The normalized spacial score (nSPS) is 17.7. The van der Waals surface area contributed by atoms with E-state index in [1.54, 1.807) is 18.7 Å². The Morgan fingerprint density at radius 3 is 2.65 bits per heavy atom. The topological polar surface area (TPSA) is 51.0 Å². The van der Waals surface area contributed by atoms with Gasteiger partial charge in [-0.2, -0.15) is 0 Å². The Bertz CT molecular complexity index is 843. The van der Waals surface area contributed by atoms with E-state index in [9.17, 15) is 4.79 Å². The fourth-order valence-electron chi connectivity index (χ4n) is 3.60. The third-order valence-electron chi connectivity index (χ3n) is 4.96. The van der Waals surface area contributed by atoms with E-state index in [2.05, 4.69) is 22.1 Å². The van der Waals surface area contributed by atoms with Crippen molar-refractivity contribution in [2.75, 3.05) is 6.54 Å². The van der Waals surface area contributed by atoms with Gasteiger partial charge in [-0.25, -0.2) is 9.97 Å². The molecule has 1 atom stereocenters. The molecule has 26 heavy (non-hydrogen) atoms. The molecule has 4 rings (SSSR count). The number of rotatable bonds is 3. The number of benzene rings is 1. The smallest absolute Gasteiger partial charge is 0.255 e. The molecule has 0 saturated carbocycles. The minimum Gasteiger partial charge on any atom is -0.332 e. The lowest BCUT2D eigenvalue weighted by molar-refractivity contribution is 0.0680. The molecule has 0 N–H and O–H groups in total. The lowest BCUT2D eigenvalue weighted by Gasteiger charge is -2.30. The number of hydrogen-bond donors (Lipinski definition) is 0. The van der Waals surface area contributed by atoms with Crippen molar-refractivity contribution in [2.24, 2.45) is 0 Å². The van der Waals surface area contributed by atoms with Gasteiger partial charge in [0.2, 0.25) is 0 Å². The van der Waals surface area contributed by atoms with Crippen molar-refractivity contribution in [1.82, 2.24) is 19.4 Å². The van der Waals surface area contributed by atoms with Gasteiger partial charge in [0.05, 0.1) is 11.6 Å². The maximum Gasteiger partial charge on any atom is 0.255 e. The van der Waals surface area contributed by atoms with Crippen LogP contribution in [0.1, 0.15) is 47.6 Å². The van der Waals surface area contributed by atoms with Crippen LogP contribution in [0.5, 0.6) is 0 Å². The molecule has 1 aliphatic heterocycles. The van der Waals surface area contributed by atoms with Crippen LogP contribution in [0.2, 0.25) is 0 Å². The molecule has 1 saturated heterocycles. The molecule has 1 amide bonds. The Hall–Kier alpha value is -2.95. The van der Waals surface area contributed by atoms with Crippen molar-refractivity contribution in [3.63, 3.8) is 0 Å². The summed E-state index contributed by atoms with van der Waals surface area (Å²) in [5.74, 6) is 0.819. The molecular weight excluding hydrogens is 324 g/mol. The predicted octanol–water partition coefficient (Wildman–Crippen LogP) is 4.02. The van der Waals surface area contributed by atoms with E-state index in [0.717, 1.165) is 31.6 Å². The molecule has 3 aromatic rings. The second-order valence-electron chi connectivity index (χ2n) is 6.65. The second-order valence-corrected chi connectivity index (χ2v) is 6.65. The Morgan fingerprint density at radius 2 is 1.92 bits per heavy atom. The van der Waals surface area contributed by atoms with E-state index in [-0.39, 0.29) is 11.9 Å². The molecular formula is C21H22N4O. The first-order chi connectivity index (χ1) is 12.8. The Labute approximate surface area is 153 Å². The highest BCUT2D eigenvalue weighted by Gasteiger charge is 2.27. The number of nitrogens with zero attached hydrogens (tertiary/aromatic N) is 4. The molecule has 5 heteroatoms. The molecule has 5 nitrogen and oxygen atoms in total. The third-order valence-corrected chi connectivity index (χ3v) is 4.96. The molecule has 0 aliphatic carbocycles. The van der Waals surface area contributed by atoms with Crippen LogP contribution in [0.15, 0.2) is 67.4 Å². The molecule has 2 aromatic heterocycles. The minimum absolute atomic E-state index is 0.0606. The van der Waals surface area contributed by atoms with Gasteiger partial charge in [0, 0.05) is 25.1 Å². The van der Waals surface area contributed by atoms with Gasteiger partial charge in [-0.1, -0.05) is 43.2 Å². The summed E-state index contributed by atoms with van der Waals surface area (Å²) in [5, 5.41) is 0. The first-order valence-corrected chi connectivity index (χ1v) is 9.13. The van der Waals surface area contributed by atoms with Crippen molar-refractivity contribution in [1.29, 1.82) is 0 Å². The number of likely N-dealkylation sites (tertiary alicyclic amines) is 1. The summed E-state index contributed by atoms with van der Waals surface area (Å²) < 4.78 is 1.83. The van der Waals surface area contributed by atoms with Gasteiger partial charge in [-0.3, -0.25) is 9.36 Å². The summed E-state index contributed by atoms with van der Waals surface area (Å²) in [7, 11) is 0. The summed E-state index contributed by atoms with van der Waals surface area (Å²) in [6, 6.07) is 14.2. The van der Waals surface area contributed by atoms with E-state index in [4.69, 9.17) is 0 Å². The van der Waals surface area contributed by atoms with Crippen LogP contribution in [0.25, 0.3) is 5.82 Å². The van der Waals surface area contributed by atoms with Gasteiger partial charge in [0.1, 0.15) is 12.1 Å². The van der Waals surface area contributed by atoms with Crippen molar-refractivity contribution >= 4 is 5.91 Å². The van der Waals surface area contributed by atoms with Crippen molar-refractivity contribution in [2.45, 2.75) is 31.7 Å². The van der Waals surface area contributed by atoms with Gasteiger partial charge in [0.25, 0.3) is 5.91 Å². The first kappa shape index (κ1) is 16.5. The van der Waals surface area contributed by atoms with Crippen LogP contribution in [-0.4, -0.2) is 31.9 Å². The number of amides is 1.